The van der Waals surface area contributed by atoms with Crippen molar-refractivity contribution in [1.82, 2.24) is 0 Å². The second kappa shape index (κ2) is 9.18. The van der Waals surface area contributed by atoms with Gasteiger partial charge in [0.15, 0.2) is 0 Å². The van der Waals surface area contributed by atoms with Crippen LogP contribution in [0.25, 0.3) is 0 Å². The summed E-state index contributed by atoms with van der Waals surface area (Å²) >= 11 is 0. The SMILES string of the molecule is CCC(CCCC1CCC2C3CC(OC)[C@]45CC4CCC5(C)C3CCC12C)C(C)C.CO. The lowest BCUT2D eigenvalue weighted by Crippen LogP contribution is -2.56. The monoisotopic (exact) mass is 446 g/mol. The molecule has 0 aromatic rings. The van der Waals surface area contributed by atoms with Crippen molar-refractivity contribution >= 4 is 0 Å². The first kappa shape index (κ1) is 25.0. The Morgan fingerprint density at radius 3 is 2.38 bits per heavy atom. The van der Waals surface area contributed by atoms with Crippen molar-refractivity contribution < 1.29 is 9.84 Å². The molecule has 5 fully saturated rings. The lowest BCUT2D eigenvalue weighted by atomic mass is 9.45. The lowest BCUT2D eigenvalue weighted by Gasteiger charge is -2.60. The van der Waals surface area contributed by atoms with E-state index in [0.717, 1.165) is 48.5 Å². The smallest absolute Gasteiger partial charge is 0.0638 e. The second-order valence-electron chi connectivity index (χ2n) is 13.4. The van der Waals surface area contributed by atoms with E-state index in [1.165, 1.54) is 77.0 Å². The van der Waals surface area contributed by atoms with Gasteiger partial charge in [0, 0.05) is 19.6 Å². The molecule has 1 spiro atoms. The quantitative estimate of drug-likeness (QED) is 0.433. The first-order valence-electron chi connectivity index (χ1n) is 14.3. The van der Waals surface area contributed by atoms with Gasteiger partial charge in [0.2, 0.25) is 0 Å². The van der Waals surface area contributed by atoms with Crippen molar-refractivity contribution in [3.8, 4) is 0 Å². The predicted molar refractivity (Wildman–Crippen MR) is 134 cm³/mol. The highest BCUT2D eigenvalue weighted by Crippen LogP contribution is 2.82. The van der Waals surface area contributed by atoms with Gasteiger partial charge in [0.05, 0.1) is 6.10 Å². The van der Waals surface area contributed by atoms with Crippen LogP contribution in [0.2, 0.25) is 0 Å². The van der Waals surface area contributed by atoms with Crippen LogP contribution in [-0.4, -0.2) is 25.4 Å². The van der Waals surface area contributed by atoms with E-state index >= 15 is 0 Å². The molecule has 0 amide bonds. The maximum atomic E-state index is 7.00. The molecule has 0 aliphatic heterocycles. The third-order valence-electron chi connectivity index (χ3n) is 12.6. The maximum Gasteiger partial charge on any atom is 0.0638 e. The Morgan fingerprint density at radius 2 is 1.75 bits per heavy atom. The summed E-state index contributed by atoms with van der Waals surface area (Å²) in [4.78, 5) is 0. The van der Waals surface area contributed by atoms with E-state index in [-0.39, 0.29) is 0 Å². The minimum Gasteiger partial charge on any atom is -0.400 e. The first-order chi connectivity index (χ1) is 15.3. The minimum atomic E-state index is 0.564. The standard InChI is InChI=1S/C29H50O.CH4O/c1-7-20(19(2)3)9-8-10-21-11-12-24-23-17-26(30-6)29-18-22(29)13-16-28(29,5)25(23)14-15-27(21,24)4;1-2/h19-26H,7-18H2,1-6H3;2H,1H3/t20?,21?,22?,23?,24?,25?,26?,27?,28?,29-;/m0./s1. The Balaban J connectivity index is 0.00000119. The van der Waals surface area contributed by atoms with Gasteiger partial charge in [-0.25, -0.2) is 0 Å². The summed E-state index contributed by atoms with van der Waals surface area (Å²) in [6.45, 7) is 12.7. The van der Waals surface area contributed by atoms with Crippen molar-refractivity contribution in [2.24, 2.45) is 57.7 Å². The Hall–Kier alpha value is -0.0800. The molecule has 0 aromatic carbocycles. The van der Waals surface area contributed by atoms with Crippen molar-refractivity contribution in [1.29, 1.82) is 0 Å². The molecule has 10 atom stereocenters. The molecule has 186 valence electrons. The normalized spacial score (nSPS) is 49.4. The molecule has 5 aliphatic rings. The molecule has 2 heteroatoms. The molecular weight excluding hydrogens is 392 g/mol. The lowest BCUT2D eigenvalue weighted by molar-refractivity contribution is -0.159. The van der Waals surface area contributed by atoms with E-state index in [1.54, 1.807) is 0 Å². The molecular formula is C30H54O2. The van der Waals surface area contributed by atoms with Gasteiger partial charge in [-0.2, -0.15) is 0 Å². The van der Waals surface area contributed by atoms with Crippen LogP contribution >= 0.6 is 0 Å². The number of ether oxygens (including phenoxy) is 1. The van der Waals surface area contributed by atoms with E-state index in [0.29, 0.717) is 22.3 Å². The van der Waals surface area contributed by atoms with Crippen LogP contribution in [0.5, 0.6) is 0 Å². The summed E-state index contributed by atoms with van der Waals surface area (Å²) in [6, 6.07) is 0. The summed E-state index contributed by atoms with van der Waals surface area (Å²) in [7, 11) is 3.03. The number of aliphatic hydroxyl groups excluding tert-OH is 1. The molecule has 0 aromatic heterocycles. The van der Waals surface area contributed by atoms with Crippen LogP contribution in [0.1, 0.15) is 112 Å². The molecule has 5 rings (SSSR count). The molecule has 0 saturated heterocycles. The molecule has 2 nitrogen and oxygen atoms in total. The zero-order valence-corrected chi connectivity index (χ0v) is 22.5. The van der Waals surface area contributed by atoms with Gasteiger partial charge >= 0.3 is 0 Å². The topological polar surface area (TPSA) is 29.5 Å². The molecule has 0 bridgehead atoms. The van der Waals surface area contributed by atoms with Crippen LogP contribution in [0, 0.1) is 57.7 Å². The van der Waals surface area contributed by atoms with Crippen LogP contribution < -0.4 is 0 Å². The van der Waals surface area contributed by atoms with Crippen LogP contribution in [0.15, 0.2) is 0 Å². The maximum absolute atomic E-state index is 7.00. The molecule has 1 N–H and O–H groups in total. The molecule has 5 saturated carbocycles. The zero-order valence-electron chi connectivity index (χ0n) is 22.5. The summed E-state index contributed by atoms with van der Waals surface area (Å²) in [5.41, 5.74) is 1.80. The minimum absolute atomic E-state index is 0.564. The van der Waals surface area contributed by atoms with Gasteiger partial charge in [0.25, 0.3) is 0 Å². The fourth-order valence-corrected chi connectivity index (χ4v) is 10.8. The van der Waals surface area contributed by atoms with E-state index in [4.69, 9.17) is 9.84 Å². The third-order valence-corrected chi connectivity index (χ3v) is 12.6. The number of hydrogen-bond donors (Lipinski definition) is 1. The highest BCUT2D eigenvalue weighted by Gasteiger charge is 2.77. The van der Waals surface area contributed by atoms with Crippen molar-refractivity contribution in [3.63, 3.8) is 0 Å². The number of methoxy groups -OCH3 is 1. The fourth-order valence-electron chi connectivity index (χ4n) is 10.8. The van der Waals surface area contributed by atoms with Gasteiger partial charge in [-0.1, -0.05) is 53.9 Å². The van der Waals surface area contributed by atoms with Crippen molar-refractivity contribution in [2.45, 2.75) is 118 Å². The largest absolute Gasteiger partial charge is 0.400 e. The molecule has 5 aliphatic carbocycles. The van der Waals surface area contributed by atoms with E-state index in [2.05, 4.69) is 34.6 Å². The second-order valence-corrected chi connectivity index (χ2v) is 13.4. The van der Waals surface area contributed by atoms with Crippen molar-refractivity contribution in [2.75, 3.05) is 14.2 Å². The van der Waals surface area contributed by atoms with Crippen LogP contribution in [0.3, 0.4) is 0 Å². The number of rotatable bonds is 7. The molecule has 0 heterocycles. The average Bonchev–Trinajstić information content (AvgIpc) is 3.31. The Kier molecular flexibility index (Phi) is 7.18. The highest BCUT2D eigenvalue weighted by atomic mass is 16.5. The summed E-state index contributed by atoms with van der Waals surface area (Å²) in [6.07, 6.45) is 18.3. The van der Waals surface area contributed by atoms with E-state index in [9.17, 15) is 0 Å². The van der Waals surface area contributed by atoms with Crippen LogP contribution in [-0.2, 0) is 4.74 Å². The summed E-state index contributed by atoms with van der Waals surface area (Å²) in [5.74, 6) is 6.73. The summed E-state index contributed by atoms with van der Waals surface area (Å²) in [5, 5.41) is 7.00. The van der Waals surface area contributed by atoms with Gasteiger partial charge in [-0.15, -0.1) is 0 Å². The molecule has 9 unspecified atom stereocenters. The van der Waals surface area contributed by atoms with E-state index < -0.39 is 0 Å². The number of aliphatic hydroxyl groups is 1. The third kappa shape index (κ3) is 3.47. The fraction of sp³-hybridized carbons (Fsp3) is 1.00. The van der Waals surface area contributed by atoms with E-state index in [1.807, 2.05) is 7.11 Å². The van der Waals surface area contributed by atoms with Gasteiger partial charge < -0.3 is 9.84 Å². The van der Waals surface area contributed by atoms with Gasteiger partial charge in [-0.05, 0) is 110 Å². The Morgan fingerprint density at radius 1 is 1.00 bits per heavy atom. The molecule has 32 heavy (non-hydrogen) atoms. The predicted octanol–water partition coefficient (Wildman–Crippen LogP) is 7.73. The Labute approximate surface area is 199 Å². The number of fused-ring (bicyclic) bond motifs is 4. The number of hydrogen-bond acceptors (Lipinski definition) is 2. The highest BCUT2D eigenvalue weighted by molar-refractivity contribution is 5.25. The van der Waals surface area contributed by atoms with Gasteiger partial charge in [-0.3, -0.25) is 0 Å². The first-order valence-corrected chi connectivity index (χ1v) is 14.3. The molecule has 0 radical (unpaired) electrons. The Bertz CT molecular complexity index is 645. The van der Waals surface area contributed by atoms with Gasteiger partial charge in [0.1, 0.15) is 0 Å². The van der Waals surface area contributed by atoms with Crippen molar-refractivity contribution in [3.05, 3.63) is 0 Å². The average molecular weight is 447 g/mol. The zero-order chi connectivity index (χ0) is 23.3. The van der Waals surface area contributed by atoms with Crippen LogP contribution in [0.4, 0.5) is 0 Å². The summed E-state index contributed by atoms with van der Waals surface area (Å²) < 4.78 is 6.30.